The van der Waals surface area contributed by atoms with E-state index in [2.05, 4.69) is 10.2 Å². The fraction of sp³-hybridized carbons (Fsp3) is 0.100. The minimum absolute atomic E-state index is 0.250. The molecule has 0 radical (unpaired) electrons. The zero-order chi connectivity index (χ0) is 11.7. The average Bonchev–Trinajstić information content (AvgIpc) is 2.60. The lowest BCUT2D eigenvalue weighted by atomic mass is 10.1. The SMILES string of the molecule is Cn1c(-c2ccc(C(=O)O)cc2)n[nH]c1=S. The van der Waals surface area contributed by atoms with Crippen LogP contribution in [0.2, 0.25) is 0 Å². The number of rotatable bonds is 2. The highest BCUT2D eigenvalue weighted by Crippen LogP contribution is 2.16. The lowest BCUT2D eigenvalue weighted by Crippen LogP contribution is -1.97. The minimum atomic E-state index is -0.943. The van der Waals surface area contributed by atoms with E-state index in [4.69, 9.17) is 17.3 Å². The van der Waals surface area contributed by atoms with Crippen LogP contribution in [-0.2, 0) is 7.05 Å². The number of nitrogens with one attached hydrogen (secondary N) is 1. The summed E-state index contributed by atoms with van der Waals surface area (Å²) >= 11 is 4.99. The number of aromatic nitrogens is 3. The van der Waals surface area contributed by atoms with E-state index in [1.807, 2.05) is 0 Å². The van der Waals surface area contributed by atoms with E-state index in [9.17, 15) is 4.79 Å². The van der Waals surface area contributed by atoms with Gasteiger partial charge in [-0.2, -0.15) is 5.10 Å². The molecule has 2 rings (SSSR count). The Hall–Kier alpha value is -1.95. The summed E-state index contributed by atoms with van der Waals surface area (Å²) in [7, 11) is 1.80. The van der Waals surface area contributed by atoms with E-state index in [0.29, 0.717) is 10.6 Å². The molecule has 0 saturated heterocycles. The van der Waals surface area contributed by atoms with Crippen molar-refractivity contribution in [3.05, 3.63) is 34.6 Å². The minimum Gasteiger partial charge on any atom is -0.478 e. The Bertz CT molecular complexity index is 583. The van der Waals surface area contributed by atoms with Gasteiger partial charge in [-0.15, -0.1) is 0 Å². The molecule has 16 heavy (non-hydrogen) atoms. The molecule has 0 aliphatic carbocycles. The van der Waals surface area contributed by atoms with Crippen LogP contribution in [0.5, 0.6) is 0 Å². The fourth-order valence-electron chi connectivity index (χ4n) is 1.37. The molecule has 82 valence electrons. The Labute approximate surface area is 96.4 Å². The Morgan fingerprint density at radius 2 is 2.06 bits per heavy atom. The quantitative estimate of drug-likeness (QED) is 0.779. The largest absolute Gasteiger partial charge is 0.478 e. The number of carboxylic acids is 1. The normalized spacial score (nSPS) is 10.3. The molecule has 0 saturated carbocycles. The van der Waals surface area contributed by atoms with Crippen LogP contribution in [0.1, 0.15) is 10.4 Å². The van der Waals surface area contributed by atoms with Crippen molar-refractivity contribution in [2.75, 3.05) is 0 Å². The summed E-state index contributed by atoms with van der Waals surface area (Å²) in [6.07, 6.45) is 0. The number of carboxylic acid groups (broad SMARTS) is 1. The molecule has 1 aromatic heterocycles. The van der Waals surface area contributed by atoms with Gasteiger partial charge in [0.1, 0.15) is 0 Å². The molecule has 6 heteroatoms. The number of benzene rings is 1. The van der Waals surface area contributed by atoms with Crippen molar-refractivity contribution >= 4 is 18.2 Å². The van der Waals surface area contributed by atoms with Gasteiger partial charge in [0.15, 0.2) is 10.6 Å². The van der Waals surface area contributed by atoms with Crippen molar-refractivity contribution in [3.63, 3.8) is 0 Å². The second kappa shape index (κ2) is 3.90. The molecule has 0 aliphatic rings. The summed E-state index contributed by atoms with van der Waals surface area (Å²) in [5.41, 5.74) is 1.07. The lowest BCUT2D eigenvalue weighted by Gasteiger charge is -2.00. The number of aromatic amines is 1. The molecule has 0 spiro atoms. The summed E-state index contributed by atoms with van der Waals surface area (Å²) in [5.74, 6) is -0.260. The highest BCUT2D eigenvalue weighted by Gasteiger charge is 2.07. The van der Waals surface area contributed by atoms with Crippen LogP contribution in [0, 0.1) is 4.77 Å². The van der Waals surface area contributed by atoms with Gasteiger partial charge in [-0.25, -0.2) is 4.79 Å². The van der Waals surface area contributed by atoms with Gasteiger partial charge in [0.25, 0.3) is 0 Å². The molecule has 1 aromatic carbocycles. The molecule has 0 aliphatic heterocycles. The zero-order valence-electron chi connectivity index (χ0n) is 8.47. The topological polar surface area (TPSA) is 70.9 Å². The summed E-state index contributed by atoms with van der Waals surface area (Å²) in [5, 5.41) is 15.5. The number of nitrogens with zero attached hydrogens (tertiary/aromatic N) is 2. The molecule has 5 nitrogen and oxygen atoms in total. The van der Waals surface area contributed by atoms with Gasteiger partial charge < -0.3 is 9.67 Å². The third-order valence-corrected chi connectivity index (χ3v) is 2.63. The van der Waals surface area contributed by atoms with Gasteiger partial charge in [0.2, 0.25) is 0 Å². The number of carbonyl (C=O) groups is 1. The van der Waals surface area contributed by atoms with Gasteiger partial charge in [0, 0.05) is 12.6 Å². The van der Waals surface area contributed by atoms with E-state index >= 15 is 0 Å². The van der Waals surface area contributed by atoms with E-state index in [0.717, 1.165) is 5.56 Å². The first-order valence-electron chi connectivity index (χ1n) is 4.54. The van der Waals surface area contributed by atoms with Crippen LogP contribution >= 0.6 is 12.2 Å². The van der Waals surface area contributed by atoms with Crippen molar-refractivity contribution in [2.24, 2.45) is 7.05 Å². The third-order valence-electron chi connectivity index (χ3n) is 2.27. The van der Waals surface area contributed by atoms with Crippen LogP contribution in [0.15, 0.2) is 24.3 Å². The van der Waals surface area contributed by atoms with Gasteiger partial charge >= 0.3 is 5.97 Å². The molecule has 2 N–H and O–H groups in total. The predicted molar refractivity (Wildman–Crippen MR) is 60.8 cm³/mol. The first-order chi connectivity index (χ1) is 7.59. The molecule has 0 fully saturated rings. The predicted octanol–water partition coefficient (Wildman–Crippen LogP) is 1.84. The van der Waals surface area contributed by atoms with E-state index in [-0.39, 0.29) is 5.56 Å². The zero-order valence-corrected chi connectivity index (χ0v) is 9.28. The molecular weight excluding hydrogens is 226 g/mol. The first kappa shape index (κ1) is 10.6. The van der Waals surface area contributed by atoms with E-state index < -0.39 is 5.97 Å². The fourth-order valence-corrected chi connectivity index (χ4v) is 1.50. The summed E-state index contributed by atoms with van der Waals surface area (Å²) < 4.78 is 2.25. The molecule has 1 heterocycles. The van der Waals surface area contributed by atoms with Gasteiger partial charge in [0.05, 0.1) is 5.56 Å². The summed E-state index contributed by atoms with van der Waals surface area (Å²) in [6.45, 7) is 0. The highest BCUT2D eigenvalue weighted by molar-refractivity contribution is 7.71. The Morgan fingerprint density at radius 3 is 2.50 bits per heavy atom. The first-order valence-corrected chi connectivity index (χ1v) is 4.95. The smallest absolute Gasteiger partial charge is 0.335 e. The van der Waals surface area contributed by atoms with E-state index in [1.165, 1.54) is 12.1 Å². The monoisotopic (exact) mass is 235 g/mol. The average molecular weight is 235 g/mol. The molecule has 0 bridgehead atoms. The Morgan fingerprint density at radius 1 is 1.44 bits per heavy atom. The van der Waals surface area contributed by atoms with Crippen LogP contribution in [-0.4, -0.2) is 25.8 Å². The van der Waals surface area contributed by atoms with Gasteiger partial charge in [-0.3, -0.25) is 5.10 Å². The van der Waals surface area contributed by atoms with Crippen molar-refractivity contribution < 1.29 is 9.90 Å². The van der Waals surface area contributed by atoms with Crippen LogP contribution < -0.4 is 0 Å². The third kappa shape index (κ3) is 1.74. The van der Waals surface area contributed by atoms with Crippen molar-refractivity contribution in [2.45, 2.75) is 0 Å². The standard InChI is InChI=1S/C10H9N3O2S/c1-13-8(11-12-10(13)16)6-2-4-7(5-3-6)9(14)15/h2-5H,1H3,(H,12,16)(H,14,15). The maximum atomic E-state index is 10.7. The highest BCUT2D eigenvalue weighted by atomic mass is 32.1. The molecular formula is C10H9N3O2S. The van der Waals surface area contributed by atoms with Crippen LogP contribution in [0.3, 0.4) is 0 Å². The Kier molecular flexibility index (Phi) is 2.57. The second-order valence-electron chi connectivity index (χ2n) is 3.29. The molecule has 0 atom stereocenters. The van der Waals surface area contributed by atoms with E-state index in [1.54, 1.807) is 23.7 Å². The molecule has 0 amide bonds. The number of hydrogen-bond acceptors (Lipinski definition) is 3. The number of hydrogen-bond donors (Lipinski definition) is 2. The number of aromatic carboxylic acids is 1. The molecule has 0 unspecified atom stereocenters. The van der Waals surface area contributed by atoms with Crippen LogP contribution in [0.25, 0.3) is 11.4 Å². The number of H-pyrrole nitrogens is 1. The summed E-state index contributed by atoms with van der Waals surface area (Å²) in [4.78, 5) is 10.7. The maximum Gasteiger partial charge on any atom is 0.335 e. The van der Waals surface area contributed by atoms with Crippen molar-refractivity contribution in [1.82, 2.24) is 14.8 Å². The lowest BCUT2D eigenvalue weighted by molar-refractivity contribution is 0.0697. The Balaban J connectivity index is 2.46. The second-order valence-corrected chi connectivity index (χ2v) is 3.68. The summed E-state index contributed by atoms with van der Waals surface area (Å²) in [6, 6.07) is 6.48. The van der Waals surface area contributed by atoms with Crippen LogP contribution in [0.4, 0.5) is 0 Å². The maximum absolute atomic E-state index is 10.7. The molecule has 2 aromatic rings. The van der Waals surface area contributed by atoms with Crippen molar-refractivity contribution in [1.29, 1.82) is 0 Å². The van der Waals surface area contributed by atoms with Crippen molar-refractivity contribution in [3.8, 4) is 11.4 Å². The van der Waals surface area contributed by atoms with Gasteiger partial charge in [-0.05, 0) is 24.4 Å². The van der Waals surface area contributed by atoms with Gasteiger partial charge in [-0.1, -0.05) is 12.1 Å².